The first kappa shape index (κ1) is 14.4. The number of sulfonamides is 1. The fraction of sp³-hybridized carbons (Fsp3) is 0.636. The van der Waals surface area contributed by atoms with Gasteiger partial charge in [0.25, 0.3) is 10.0 Å². The average molecular weight is 304 g/mol. The molecule has 1 heterocycles. The van der Waals surface area contributed by atoms with Gasteiger partial charge in [0.15, 0.2) is 9.90 Å². The highest BCUT2D eigenvalue weighted by Gasteiger charge is 2.33. The maximum Gasteiger partial charge on any atom is 0.356 e. The van der Waals surface area contributed by atoms with E-state index in [0.717, 1.165) is 30.6 Å². The van der Waals surface area contributed by atoms with E-state index in [1.807, 2.05) is 0 Å². The number of aromatic carboxylic acids is 1. The molecule has 0 bridgehead atoms. The molecule has 1 aliphatic rings. The van der Waals surface area contributed by atoms with Crippen LogP contribution in [-0.4, -0.2) is 41.9 Å². The summed E-state index contributed by atoms with van der Waals surface area (Å²) in [5, 5.41) is 8.97. The number of thiazole rings is 1. The first-order chi connectivity index (χ1) is 8.96. The molecule has 1 aromatic rings. The molecule has 106 valence electrons. The third kappa shape index (κ3) is 2.80. The molecule has 0 atom stereocenters. The lowest BCUT2D eigenvalue weighted by Crippen LogP contribution is -2.37. The Kier molecular flexibility index (Phi) is 4.22. The van der Waals surface area contributed by atoms with Crippen molar-refractivity contribution in [2.75, 3.05) is 13.1 Å². The smallest absolute Gasteiger partial charge is 0.356 e. The number of carboxylic acids is 1. The van der Waals surface area contributed by atoms with Crippen molar-refractivity contribution in [2.45, 2.75) is 30.4 Å². The molecule has 1 saturated carbocycles. The van der Waals surface area contributed by atoms with Gasteiger partial charge >= 0.3 is 5.97 Å². The summed E-state index contributed by atoms with van der Waals surface area (Å²) in [7, 11) is -3.75. The Morgan fingerprint density at radius 2 is 2.26 bits per heavy atom. The van der Waals surface area contributed by atoms with Gasteiger partial charge in [-0.25, -0.2) is 18.2 Å². The Bertz CT molecular complexity index is 563. The van der Waals surface area contributed by atoms with Crippen LogP contribution in [0.2, 0.25) is 0 Å². The Balaban J connectivity index is 2.28. The second-order valence-electron chi connectivity index (χ2n) is 4.55. The molecule has 1 aliphatic carbocycles. The van der Waals surface area contributed by atoms with E-state index >= 15 is 0 Å². The number of rotatable bonds is 6. The maximum absolute atomic E-state index is 12.5. The van der Waals surface area contributed by atoms with Crippen LogP contribution in [0.5, 0.6) is 0 Å². The van der Waals surface area contributed by atoms with E-state index in [2.05, 4.69) is 4.98 Å². The summed E-state index contributed by atoms with van der Waals surface area (Å²) in [4.78, 5) is 14.6. The summed E-state index contributed by atoms with van der Waals surface area (Å²) >= 11 is 0.860. The molecule has 0 aliphatic heterocycles. The van der Waals surface area contributed by atoms with Crippen molar-refractivity contribution in [3.8, 4) is 0 Å². The van der Waals surface area contributed by atoms with Gasteiger partial charge in [-0.2, -0.15) is 4.31 Å². The molecule has 1 N–H and O–H groups in total. The van der Waals surface area contributed by atoms with E-state index in [9.17, 15) is 13.2 Å². The van der Waals surface area contributed by atoms with Crippen molar-refractivity contribution in [1.82, 2.24) is 9.29 Å². The lowest BCUT2D eigenvalue weighted by molar-refractivity contribution is 0.0687. The summed E-state index contributed by atoms with van der Waals surface area (Å²) in [6.07, 6.45) is 3.23. The van der Waals surface area contributed by atoms with Crippen molar-refractivity contribution in [3.63, 3.8) is 0 Å². The van der Waals surface area contributed by atoms with Crippen LogP contribution in [0.25, 0.3) is 0 Å². The topological polar surface area (TPSA) is 87.6 Å². The lowest BCUT2D eigenvalue weighted by atomic mass is 9.85. The van der Waals surface area contributed by atoms with E-state index in [1.165, 1.54) is 9.82 Å². The standard InChI is InChI=1S/C11H16N2O4S2/c1-2-13(6-8-4-3-5-8)19(16,17)11-9(10(14)15)12-7-18-11/h7-8H,2-6H2,1H3,(H,14,15). The first-order valence-electron chi connectivity index (χ1n) is 6.13. The molecule has 0 unspecified atom stereocenters. The highest BCUT2D eigenvalue weighted by atomic mass is 32.2. The highest BCUT2D eigenvalue weighted by molar-refractivity contribution is 7.91. The second-order valence-corrected chi connectivity index (χ2v) is 7.53. The van der Waals surface area contributed by atoms with E-state index < -0.39 is 16.0 Å². The van der Waals surface area contributed by atoms with Gasteiger partial charge in [-0.05, 0) is 18.8 Å². The lowest BCUT2D eigenvalue weighted by Gasteiger charge is -2.30. The van der Waals surface area contributed by atoms with Crippen molar-refractivity contribution in [1.29, 1.82) is 0 Å². The largest absolute Gasteiger partial charge is 0.476 e. The number of hydrogen-bond donors (Lipinski definition) is 1. The zero-order valence-corrected chi connectivity index (χ0v) is 12.2. The van der Waals surface area contributed by atoms with Gasteiger partial charge < -0.3 is 5.11 Å². The minimum Gasteiger partial charge on any atom is -0.476 e. The van der Waals surface area contributed by atoms with Gasteiger partial charge in [-0.15, -0.1) is 11.3 Å². The summed E-state index contributed by atoms with van der Waals surface area (Å²) in [5.41, 5.74) is 0.880. The minimum absolute atomic E-state index is 0.166. The Morgan fingerprint density at radius 3 is 2.74 bits per heavy atom. The van der Waals surface area contributed by atoms with Gasteiger partial charge in [-0.3, -0.25) is 0 Å². The van der Waals surface area contributed by atoms with Crippen LogP contribution >= 0.6 is 11.3 Å². The van der Waals surface area contributed by atoms with Gasteiger partial charge in [0.05, 0.1) is 5.51 Å². The van der Waals surface area contributed by atoms with Crippen LogP contribution in [0.1, 0.15) is 36.7 Å². The predicted molar refractivity (Wildman–Crippen MR) is 70.8 cm³/mol. The first-order valence-corrected chi connectivity index (χ1v) is 8.45. The van der Waals surface area contributed by atoms with Crippen molar-refractivity contribution in [3.05, 3.63) is 11.2 Å². The molecule has 0 aromatic carbocycles. The van der Waals surface area contributed by atoms with Crippen LogP contribution in [0.15, 0.2) is 9.72 Å². The van der Waals surface area contributed by atoms with Crippen LogP contribution in [0.3, 0.4) is 0 Å². The van der Waals surface area contributed by atoms with Gasteiger partial charge in [0.2, 0.25) is 0 Å². The Hall–Kier alpha value is -0.990. The summed E-state index contributed by atoms with van der Waals surface area (Å²) in [6.45, 7) is 2.57. The van der Waals surface area contributed by atoms with Crippen LogP contribution in [0.4, 0.5) is 0 Å². The van der Waals surface area contributed by atoms with E-state index in [0.29, 0.717) is 19.0 Å². The van der Waals surface area contributed by atoms with Crippen LogP contribution in [0, 0.1) is 5.92 Å². The molecule has 0 saturated heterocycles. The average Bonchev–Trinajstić information content (AvgIpc) is 2.76. The number of aromatic nitrogens is 1. The van der Waals surface area contributed by atoms with Crippen molar-refractivity contribution >= 4 is 27.3 Å². The molecule has 19 heavy (non-hydrogen) atoms. The van der Waals surface area contributed by atoms with Crippen LogP contribution in [-0.2, 0) is 10.0 Å². The predicted octanol–water partition coefficient (Wildman–Crippen LogP) is 1.65. The Morgan fingerprint density at radius 1 is 1.58 bits per heavy atom. The quantitative estimate of drug-likeness (QED) is 0.863. The van der Waals surface area contributed by atoms with Crippen LogP contribution < -0.4 is 0 Å². The molecule has 0 spiro atoms. The van der Waals surface area contributed by atoms with Gasteiger partial charge in [-0.1, -0.05) is 13.3 Å². The number of nitrogens with zero attached hydrogens (tertiary/aromatic N) is 2. The molecular formula is C11H16N2O4S2. The third-order valence-corrected chi connectivity index (χ3v) is 6.64. The zero-order chi connectivity index (χ0) is 14.0. The summed E-state index contributed by atoms with van der Waals surface area (Å²) in [6, 6.07) is 0. The normalized spacial score (nSPS) is 16.5. The van der Waals surface area contributed by atoms with Crippen molar-refractivity contribution in [2.24, 2.45) is 5.92 Å². The number of carbonyl (C=O) groups is 1. The zero-order valence-electron chi connectivity index (χ0n) is 10.6. The van der Waals surface area contributed by atoms with Gasteiger partial charge in [0.1, 0.15) is 0 Å². The third-order valence-electron chi connectivity index (χ3n) is 3.35. The number of hydrogen-bond acceptors (Lipinski definition) is 5. The van der Waals surface area contributed by atoms with E-state index in [-0.39, 0.29) is 9.90 Å². The minimum atomic E-state index is -3.75. The van der Waals surface area contributed by atoms with Crippen molar-refractivity contribution < 1.29 is 18.3 Å². The monoisotopic (exact) mass is 304 g/mol. The van der Waals surface area contributed by atoms with Gasteiger partial charge in [0, 0.05) is 13.1 Å². The van der Waals surface area contributed by atoms with E-state index in [1.54, 1.807) is 6.92 Å². The van der Waals surface area contributed by atoms with E-state index in [4.69, 9.17) is 5.11 Å². The molecule has 2 rings (SSSR count). The second kappa shape index (κ2) is 5.56. The fourth-order valence-corrected chi connectivity index (χ4v) is 4.84. The molecule has 0 radical (unpaired) electrons. The molecule has 1 fully saturated rings. The fourth-order valence-electron chi connectivity index (χ4n) is 2.04. The molecule has 6 nitrogen and oxygen atoms in total. The SMILES string of the molecule is CCN(CC1CCC1)S(=O)(=O)c1scnc1C(=O)O. The molecule has 8 heteroatoms. The molecular weight excluding hydrogens is 288 g/mol. The Labute approximate surface area is 116 Å². The molecule has 0 amide bonds. The summed E-state index contributed by atoms with van der Waals surface area (Å²) < 4.78 is 26.1. The maximum atomic E-state index is 12.5. The summed E-state index contributed by atoms with van der Waals surface area (Å²) in [5.74, 6) is -0.907. The number of carboxylic acid groups (broad SMARTS) is 1. The highest BCUT2D eigenvalue weighted by Crippen LogP contribution is 2.30. The molecule has 1 aromatic heterocycles.